The summed E-state index contributed by atoms with van der Waals surface area (Å²) >= 11 is 1.09. The van der Waals surface area contributed by atoms with Crippen LogP contribution < -0.4 is 4.87 Å². The van der Waals surface area contributed by atoms with Gasteiger partial charge in [-0.25, -0.2) is 0 Å². The molecule has 0 aliphatic rings. The molecule has 0 aromatic carbocycles. The van der Waals surface area contributed by atoms with E-state index in [0.717, 1.165) is 40.5 Å². The molecule has 0 spiro atoms. The van der Waals surface area contributed by atoms with Crippen molar-refractivity contribution in [1.29, 1.82) is 0 Å². The molecule has 0 saturated heterocycles. The van der Waals surface area contributed by atoms with Gasteiger partial charge in [0.2, 0.25) is 0 Å². The smallest absolute Gasteiger partial charge is 0.307 e. The number of aromatic nitrogens is 3. The molecule has 0 atom stereocenters. The molecule has 6 nitrogen and oxygen atoms in total. The molecule has 0 fully saturated rings. The highest BCUT2D eigenvalue weighted by Crippen LogP contribution is 2.27. The third kappa shape index (κ3) is 2.53. The Labute approximate surface area is 120 Å². The van der Waals surface area contributed by atoms with Crippen molar-refractivity contribution in [3.63, 3.8) is 0 Å². The van der Waals surface area contributed by atoms with E-state index in [1.165, 1.54) is 4.57 Å². The summed E-state index contributed by atoms with van der Waals surface area (Å²) in [6.07, 6.45) is -0.0658. The molecule has 0 amide bonds. The number of thiazole rings is 1. The van der Waals surface area contributed by atoms with Crippen LogP contribution in [0.3, 0.4) is 0 Å². The number of hydrogen-bond donors (Lipinski definition) is 1. The van der Waals surface area contributed by atoms with E-state index >= 15 is 0 Å². The number of carboxylic acid groups (broad SMARTS) is 1. The first-order valence-corrected chi connectivity index (χ1v) is 7.28. The minimum atomic E-state index is -0.910. The van der Waals surface area contributed by atoms with Gasteiger partial charge < -0.3 is 5.11 Å². The summed E-state index contributed by atoms with van der Waals surface area (Å²) in [5.74, 6) is -0.910. The molecule has 0 aliphatic carbocycles. The Hall–Kier alpha value is -1.89. The van der Waals surface area contributed by atoms with Crippen molar-refractivity contribution in [1.82, 2.24) is 14.3 Å². The molecule has 2 aromatic rings. The average Bonchev–Trinajstić information content (AvgIpc) is 2.87. The van der Waals surface area contributed by atoms with Crippen LogP contribution in [-0.2, 0) is 17.9 Å². The topological polar surface area (TPSA) is 77.1 Å². The van der Waals surface area contributed by atoms with Crippen molar-refractivity contribution in [2.75, 3.05) is 0 Å². The standard InChI is InChI=1S/C13H17N3O3S/c1-4-16-9(3)12(8(2)14-16)10-7-20-13(19)15(10)6-5-11(17)18/h7H,4-6H2,1-3H3,(H,17,18). The lowest BCUT2D eigenvalue weighted by atomic mass is 10.1. The fourth-order valence-electron chi connectivity index (χ4n) is 2.32. The molecule has 108 valence electrons. The number of hydrogen-bond acceptors (Lipinski definition) is 4. The lowest BCUT2D eigenvalue weighted by molar-refractivity contribution is -0.137. The van der Waals surface area contributed by atoms with Gasteiger partial charge in [-0.3, -0.25) is 18.8 Å². The van der Waals surface area contributed by atoms with Crippen molar-refractivity contribution >= 4 is 17.3 Å². The van der Waals surface area contributed by atoms with Crippen LogP contribution in [0.15, 0.2) is 10.2 Å². The summed E-state index contributed by atoms with van der Waals surface area (Å²) in [5.41, 5.74) is 3.53. The summed E-state index contributed by atoms with van der Waals surface area (Å²) in [7, 11) is 0. The van der Waals surface area contributed by atoms with Crippen LogP contribution in [0.2, 0.25) is 0 Å². The third-order valence-electron chi connectivity index (χ3n) is 3.27. The Morgan fingerprint density at radius 2 is 2.15 bits per heavy atom. The van der Waals surface area contributed by atoms with E-state index in [1.807, 2.05) is 25.5 Å². The Kier molecular flexibility index (Phi) is 4.08. The van der Waals surface area contributed by atoms with E-state index in [2.05, 4.69) is 5.10 Å². The van der Waals surface area contributed by atoms with Crippen molar-refractivity contribution in [3.8, 4) is 11.3 Å². The van der Waals surface area contributed by atoms with E-state index in [-0.39, 0.29) is 17.8 Å². The lowest BCUT2D eigenvalue weighted by Crippen LogP contribution is -2.16. The summed E-state index contributed by atoms with van der Waals surface area (Å²) in [5, 5.41) is 15.0. The zero-order chi connectivity index (χ0) is 14.9. The maximum atomic E-state index is 11.9. The predicted molar refractivity (Wildman–Crippen MR) is 77.2 cm³/mol. The summed E-state index contributed by atoms with van der Waals surface area (Å²) < 4.78 is 3.41. The van der Waals surface area contributed by atoms with Crippen LogP contribution >= 0.6 is 11.3 Å². The van der Waals surface area contributed by atoms with Crippen molar-refractivity contribution in [2.24, 2.45) is 0 Å². The van der Waals surface area contributed by atoms with Gasteiger partial charge in [-0.2, -0.15) is 5.10 Å². The molecule has 0 radical (unpaired) electrons. The number of carboxylic acids is 1. The molecular weight excluding hydrogens is 278 g/mol. The average molecular weight is 295 g/mol. The molecule has 0 bridgehead atoms. The van der Waals surface area contributed by atoms with Gasteiger partial charge in [0.15, 0.2) is 0 Å². The second-order valence-electron chi connectivity index (χ2n) is 4.54. The van der Waals surface area contributed by atoms with Gasteiger partial charge >= 0.3 is 10.8 Å². The van der Waals surface area contributed by atoms with Gasteiger partial charge in [-0.1, -0.05) is 11.3 Å². The maximum absolute atomic E-state index is 11.9. The molecular formula is C13H17N3O3S. The van der Waals surface area contributed by atoms with E-state index < -0.39 is 5.97 Å². The molecule has 1 N–H and O–H groups in total. The van der Waals surface area contributed by atoms with Crippen LogP contribution in [0.4, 0.5) is 0 Å². The Balaban J connectivity index is 2.51. The predicted octanol–water partition coefficient (Wildman–Crippen LogP) is 1.88. The van der Waals surface area contributed by atoms with Gasteiger partial charge in [-0.05, 0) is 20.8 Å². The normalized spacial score (nSPS) is 10.9. The van der Waals surface area contributed by atoms with Gasteiger partial charge in [-0.15, -0.1) is 0 Å². The third-order valence-corrected chi connectivity index (χ3v) is 4.03. The minimum Gasteiger partial charge on any atom is -0.481 e. The number of aliphatic carboxylic acids is 1. The highest BCUT2D eigenvalue weighted by molar-refractivity contribution is 7.07. The largest absolute Gasteiger partial charge is 0.481 e. The fraction of sp³-hybridized carbons (Fsp3) is 0.462. The maximum Gasteiger partial charge on any atom is 0.307 e. The molecule has 2 rings (SSSR count). The van der Waals surface area contributed by atoms with Gasteiger partial charge in [0.1, 0.15) is 0 Å². The van der Waals surface area contributed by atoms with Crippen molar-refractivity contribution < 1.29 is 9.90 Å². The number of carbonyl (C=O) groups is 1. The second-order valence-corrected chi connectivity index (χ2v) is 5.36. The van der Waals surface area contributed by atoms with Crippen molar-refractivity contribution in [3.05, 3.63) is 26.4 Å². The van der Waals surface area contributed by atoms with Crippen LogP contribution in [0, 0.1) is 13.8 Å². The van der Waals surface area contributed by atoms with Gasteiger partial charge in [0, 0.05) is 29.7 Å². The molecule has 20 heavy (non-hydrogen) atoms. The quantitative estimate of drug-likeness (QED) is 0.913. The summed E-state index contributed by atoms with van der Waals surface area (Å²) in [6.45, 7) is 6.81. The van der Waals surface area contributed by atoms with E-state index in [0.29, 0.717) is 0 Å². The second kappa shape index (κ2) is 5.62. The first-order valence-electron chi connectivity index (χ1n) is 6.40. The molecule has 2 aromatic heterocycles. The number of aryl methyl sites for hydroxylation is 2. The van der Waals surface area contributed by atoms with Crippen LogP contribution in [0.25, 0.3) is 11.3 Å². The van der Waals surface area contributed by atoms with Crippen LogP contribution in [0.1, 0.15) is 24.7 Å². The number of rotatable bonds is 5. The highest BCUT2D eigenvalue weighted by atomic mass is 32.1. The molecule has 7 heteroatoms. The zero-order valence-electron chi connectivity index (χ0n) is 11.7. The SMILES string of the molecule is CCn1nc(C)c(-c2csc(=O)n2CCC(=O)O)c1C. The van der Waals surface area contributed by atoms with Gasteiger partial charge in [0.05, 0.1) is 17.8 Å². The molecule has 0 aliphatic heterocycles. The Morgan fingerprint density at radius 1 is 1.45 bits per heavy atom. The van der Waals surface area contributed by atoms with E-state index in [1.54, 1.807) is 5.38 Å². The van der Waals surface area contributed by atoms with Crippen LogP contribution in [-0.4, -0.2) is 25.4 Å². The molecule has 0 unspecified atom stereocenters. The first kappa shape index (κ1) is 14.5. The monoisotopic (exact) mass is 295 g/mol. The Bertz CT molecular complexity index is 696. The van der Waals surface area contributed by atoms with E-state index in [9.17, 15) is 9.59 Å². The van der Waals surface area contributed by atoms with Crippen LogP contribution in [0.5, 0.6) is 0 Å². The number of nitrogens with zero attached hydrogens (tertiary/aromatic N) is 3. The zero-order valence-corrected chi connectivity index (χ0v) is 12.5. The Morgan fingerprint density at radius 3 is 2.70 bits per heavy atom. The fourth-order valence-corrected chi connectivity index (χ4v) is 3.09. The highest BCUT2D eigenvalue weighted by Gasteiger charge is 2.18. The van der Waals surface area contributed by atoms with E-state index in [4.69, 9.17) is 5.11 Å². The molecule has 0 saturated carbocycles. The molecule has 2 heterocycles. The summed E-state index contributed by atoms with van der Waals surface area (Å²) in [6, 6.07) is 0. The van der Waals surface area contributed by atoms with Gasteiger partial charge in [0.25, 0.3) is 0 Å². The first-order chi connectivity index (χ1) is 9.45. The van der Waals surface area contributed by atoms with Crippen molar-refractivity contribution in [2.45, 2.75) is 40.3 Å². The minimum absolute atomic E-state index is 0.0658. The lowest BCUT2D eigenvalue weighted by Gasteiger charge is -2.07. The summed E-state index contributed by atoms with van der Waals surface area (Å²) in [4.78, 5) is 22.5.